The molecule has 14 heavy (non-hydrogen) atoms. The van der Waals surface area contributed by atoms with Crippen molar-refractivity contribution in [3.05, 3.63) is 0 Å². The van der Waals surface area contributed by atoms with E-state index < -0.39 is 0 Å². The lowest BCUT2D eigenvalue weighted by atomic mass is 9.81. The van der Waals surface area contributed by atoms with Crippen molar-refractivity contribution < 1.29 is 33.3 Å². The zero-order valence-electron chi connectivity index (χ0n) is 9.72. The first-order valence-electron chi connectivity index (χ1n) is 5.24. The summed E-state index contributed by atoms with van der Waals surface area (Å²) in [6, 6.07) is 0. The maximum atomic E-state index is 11.8. The molecule has 2 unspecified atom stereocenters. The van der Waals surface area contributed by atoms with Gasteiger partial charge in [0.2, 0.25) is 0 Å². The number of hydrogen-bond acceptors (Lipinski definition) is 1. The maximum Gasteiger partial charge on any atom is 0.144 e. The summed E-state index contributed by atoms with van der Waals surface area (Å²) in [5, 5.41) is 0. The lowest BCUT2D eigenvalue weighted by molar-refractivity contribution is -0.872. The molecule has 0 radical (unpaired) electrons. The van der Waals surface area contributed by atoms with Gasteiger partial charge in [-0.15, -0.1) is 0 Å². The standard InChI is InChI=1S/C11H22NO.HI/c1-9-6-5-7-10(11(9)13)8-12(2,3)4;/h9-10H,5-8H2,1-4H3;1H/q+1;/p-1. The lowest BCUT2D eigenvalue weighted by Crippen LogP contribution is -3.00. The highest BCUT2D eigenvalue weighted by atomic mass is 127. The van der Waals surface area contributed by atoms with Gasteiger partial charge in [-0.3, -0.25) is 4.79 Å². The minimum atomic E-state index is 0. The maximum absolute atomic E-state index is 11.8. The number of quaternary nitrogens is 1. The number of carbonyl (C=O) groups excluding carboxylic acids is 1. The largest absolute Gasteiger partial charge is 1.00 e. The third-order valence-corrected chi connectivity index (χ3v) is 2.85. The third kappa shape index (κ3) is 4.26. The lowest BCUT2D eigenvalue weighted by Gasteiger charge is -2.32. The SMILES string of the molecule is CC1CCCC(C[N+](C)(C)C)C1=O.[I-]. The second-order valence-corrected chi connectivity index (χ2v) is 5.40. The highest BCUT2D eigenvalue weighted by Gasteiger charge is 2.31. The molecule has 0 N–H and O–H groups in total. The molecular weight excluding hydrogens is 289 g/mol. The molecule has 0 aromatic rings. The Labute approximate surface area is 105 Å². The Morgan fingerprint density at radius 3 is 2.36 bits per heavy atom. The molecule has 1 rings (SSSR count). The van der Waals surface area contributed by atoms with Crippen molar-refractivity contribution in [2.75, 3.05) is 27.7 Å². The molecule has 2 atom stereocenters. The average molecular weight is 311 g/mol. The summed E-state index contributed by atoms with van der Waals surface area (Å²) in [6.45, 7) is 3.08. The number of halogens is 1. The molecule has 84 valence electrons. The zero-order chi connectivity index (χ0) is 10.1. The summed E-state index contributed by atoms with van der Waals surface area (Å²) < 4.78 is 0.906. The van der Waals surface area contributed by atoms with Crippen molar-refractivity contribution in [1.29, 1.82) is 0 Å². The van der Waals surface area contributed by atoms with E-state index in [1.807, 2.05) is 0 Å². The first kappa shape index (κ1) is 14.4. The number of Topliss-reactive ketones (excluding diaryl/α,β-unsaturated/α-hetero) is 1. The van der Waals surface area contributed by atoms with Gasteiger partial charge in [0.1, 0.15) is 5.78 Å². The Hall–Kier alpha value is 0.360. The van der Waals surface area contributed by atoms with E-state index in [1.165, 1.54) is 6.42 Å². The molecule has 1 aliphatic carbocycles. The van der Waals surface area contributed by atoms with Crippen LogP contribution in [0.25, 0.3) is 0 Å². The van der Waals surface area contributed by atoms with Gasteiger partial charge in [0.15, 0.2) is 0 Å². The molecule has 0 bridgehead atoms. The minimum absolute atomic E-state index is 0. The van der Waals surface area contributed by atoms with E-state index in [0.717, 1.165) is 23.9 Å². The van der Waals surface area contributed by atoms with E-state index in [-0.39, 0.29) is 24.0 Å². The van der Waals surface area contributed by atoms with Crippen LogP contribution in [0.2, 0.25) is 0 Å². The van der Waals surface area contributed by atoms with Gasteiger partial charge in [0.05, 0.1) is 33.6 Å². The van der Waals surface area contributed by atoms with Crippen LogP contribution in [-0.2, 0) is 4.79 Å². The predicted molar refractivity (Wildman–Crippen MR) is 54.4 cm³/mol. The van der Waals surface area contributed by atoms with Crippen LogP contribution in [0.1, 0.15) is 26.2 Å². The monoisotopic (exact) mass is 311 g/mol. The number of hydrogen-bond donors (Lipinski definition) is 0. The van der Waals surface area contributed by atoms with Crippen LogP contribution in [0.3, 0.4) is 0 Å². The topological polar surface area (TPSA) is 17.1 Å². The molecule has 0 saturated heterocycles. The third-order valence-electron chi connectivity index (χ3n) is 2.85. The summed E-state index contributed by atoms with van der Waals surface area (Å²) in [5.41, 5.74) is 0. The molecule has 2 nitrogen and oxygen atoms in total. The van der Waals surface area contributed by atoms with Crippen molar-refractivity contribution in [2.45, 2.75) is 26.2 Å². The molecule has 1 saturated carbocycles. The molecule has 0 spiro atoms. The van der Waals surface area contributed by atoms with E-state index in [2.05, 4.69) is 28.1 Å². The van der Waals surface area contributed by atoms with Crippen molar-refractivity contribution >= 4 is 5.78 Å². The summed E-state index contributed by atoms with van der Waals surface area (Å²) >= 11 is 0. The van der Waals surface area contributed by atoms with Crippen LogP contribution in [-0.4, -0.2) is 38.0 Å². The fourth-order valence-electron chi connectivity index (χ4n) is 2.20. The molecule has 0 heterocycles. The van der Waals surface area contributed by atoms with E-state index >= 15 is 0 Å². The van der Waals surface area contributed by atoms with Gasteiger partial charge in [-0.05, 0) is 12.8 Å². The van der Waals surface area contributed by atoms with Gasteiger partial charge in [0, 0.05) is 5.92 Å². The van der Waals surface area contributed by atoms with Crippen LogP contribution in [0.4, 0.5) is 0 Å². The molecule has 0 aromatic carbocycles. The highest BCUT2D eigenvalue weighted by Crippen LogP contribution is 2.26. The summed E-state index contributed by atoms with van der Waals surface area (Å²) in [5.74, 6) is 1.13. The van der Waals surface area contributed by atoms with Crippen LogP contribution >= 0.6 is 0 Å². The average Bonchev–Trinajstić information content (AvgIpc) is 1.96. The van der Waals surface area contributed by atoms with Gasteiger partial charge in [-0.25, -0.2) is 0 Å². The van der Waals surface area contributed by atoms with Gasteiger partial charge < -0.3 is 28.5 Å². The van der Waals surface area contributed by atoms with Crippen LogP contribution in [0, 0.1) is 11.8 Å². The summed E-state index contributed by atoms with van der Waals surface area (Å²) in [4.78, 5) is 11.8. The molecule has 1 aliphatic rings. The Bertz CT molecular complexity index is 198. The normalized spacial score (nSPS) is 28.4. The van der Waals surface area contributed by atoms with Crippen LogP contribution < -0.4 is 24.0 Å². The summed E-state index contributed by atoms with van der Waals surface area (Å²) in [7, 11) is 6.48. The van der Waals surface area contributed by atoms with E-state index in [1.54, 1.807) is 0 Å². The van der Waals surface area contributed by atoms with Gasteiger partial charge >= 0.3 is 0 Å². The van der Waals surface area contributed by atoms with Crippen molar-refractivity contribution in [3.63, 3.8) is 0 Å². The van der Waals surface area contributed by atoms with E-state index in [9.17, 15) is 4.79 Å². The molecule has 3 heteroatoms. The fourth-order valence-corrected chi connectivity index (χ4v) is 2.20. The van der Waals surface area contributed by atoms with Gasteiger partial charge in [0.25, 0.3) is 0 Å². The number of nitrogens with zero attached hydrogens (tertiary/aromatic N) is 1. The number of ketones is 1. The molecule has 1 fully saturated rings. The molecule has 0 aliphatic heterocycles. The smallest absolute Gasteiger partial charge is 0.144 e. The van der Waals surface area contributed by atoms with Gasteiger partial charge in [-0.1, -0.05) is 13.3 Å². The Kier molecular flexibility index (Phi) is 5.59. The fraction of sp³-hybridized carbons (Fsp3) is 0.909. The minimum Gasteiger partial charge on any atom is -1.00 e. The Balaban J connectivity index is 0.00000169. The molecule has 0 aromatic heterocycles. The Morgan fingerprint density at radius 2 is 1.86 bits per heavy atom. The van der Waals surface area contributed by atoms with Crippen molar-refractivity contribution in [3.8, 4) is 0 Å². The second kappa shape index (κ2) is 5.45. The van der Waals surface area contributed by atoms with Gasteiger partial charge in [-0.2, -0.15) is 0 Å². The number of carbonyl (C=O) groups is 1. The molecular formula is C11H22INO. The zero-order valence-corrected chi connectivity index (χ0v) is 11.9. The van der Waals surface area contributed by atoms with E-state index in [4.69, 9.17) is 0 Å². The predicted octanol–water partition coefficient (Wildman–Crippen LogP) is -1.30. The number of rotatable bonds is 2. The molecule has 0 amide bonds. The Morgan fingerprint density at radius 1 is 1.29 bits per heavy atom. The first-order chi connectivity index (χ1) is 5.90. The van der Waals surface area contributed by atoms with Crippen molar-refractivity contribution in [2.24, 2.45) is 11.8 Å². The highest BCUT2D eigenvalue weighted by molar-refractivity contribution is 5.83. The van der Waals surface area contributed by atoms with Crippen LogP contribution in [0.15, 0.2) is 0 Å². The second-order valence-electron chi connectivity index (χ2n) is 5.40. The first-order valence-corrected chi connectivity index (χ1v) is 5.24. The van der Waals surface area contributed by atoms with E-state index in [0.29, 0.717) is 17.6 Å². The van der Waals surface area contributed by atoms with Crippen molar-refractivity contribution in [1.82, 2.24) is 0 Å². The van der Waals surface area contributed by atoms with Crippen LogP contribution in [0.5, 0.6) is 0 Å². The summed E-state index contributed by atoms with van der Waals surface area (Å²) in [6.07, 6.45) is 3.45. The quantitative estimate of drug-likeness (QED) is 0.458.